The number of thiophene rings is 1. The number of aryl methyl sites for hydroxylation is 1. The fraction of sp³-hybridized carbons (Fsp3) is 0.286. The standard InChI is InChI=1S/C14H14N2OS/c17-14(16-10-4-3-7-15-8-10)12-9-18-13-6-2-1-5-11(12)13/h3-4,7-9H,1-2,5-6H2,(H,16,17). The Balaban J connectivity index is 1.83. The van der Waals surface area contributed by atoms with E-state index in [4.69, 9.17) is 0 Å². The van der Waals surface area contributed by atoms with E-state index in [1.165, 1.54) is 23.3 Å². The maximum absolute atomic E-state index is 12.2. The molecule has 0 fully saturated rings. The molecule has 1 amide bonds. The third-order valence-electron chi connectivity index (χ3n) is 3.23. The number of nitrogens with zero attached hydrogens (tertiary/aromatic N) is 1. The number of nitrogens with one attached hydrogen (secondary N) is 1. The van der Waals surface area contributed by atoms with Gasteiger partial charge in [0.05, 0.1) is 17.4 Å². The van der Waals surface area contributed by atoms with Crippen LogP contribution >= 0.6 is 11.3 Å². The minimum Gasteiger partial charge on any atom is -0.321 e. The maximum Gasteiger partial charge on any atom is 0.256 e. The van der Waals surface area contributed by atoms with E-state index in [1.807, 2.05) is 17.5 Å². The summed E-state index contributed by atoms with van der Waals surface area (Å²) in [6, 6.07) is 3.67. The van der Waals surface area contributed by atoms with Crippen molar-refractivity contribution in [2.75, 3.05) is 5.32 Å². The van der Waals surface area contributed by atoms with Crippen molar-refractivity contribution in [3.8, 4) is 0 Å². The predicted molar refractivity (Wildman–Crippen MR) is 73.2 cm³/mol. The predicted octanol–water partition coefficient (Wildman–Crippen LogP) is 3.27. The Kier molecular flexibility index (Phi) is 3.11. The van der Waals surface area contributed by atoms with Gasteiger partial charge in [0.1, 0.15) is 0 Å². The van der Waals surface area contributed by atoms with E-state index < -0.39 is 0 Å². The molecular weight excluding hydrogens is 244 g/mol. The van der Waals surface area contributed by atoms with E-state index in [9.17, 15) is 4.79 Å². The van der Waals surface area contributed by atoms with Crippen LogP contribution in [0.5, 0.6) is 0 Å². The van der Waals surface area contributed by atoms with Gasteiger partial charge < -0.3 is 5.32 Å². The minimum atomic E-state index is -0.0117. The Morgan fingerprint density at radius 3 is 3.06 bits per heavy atom. The first kappa shape index (κ1) is 11.4. The summed E-state index contributed by atoms with van der Waals surface area (Å²) < 4.78 is 0. The molecular formula is C14H14N2OS. The molecule has 3 nitrogen and oxygen atoms in total. The van der Waals surface area contributed by atoms with E-state index in [-0.39, 0.29) is 5.91 Å². The third-order valence-corrected chi connectivity index (χ3v) is 4.31. The Bertz CT molecular complexity index is 562. The van der Waals surface area contributed by atoms with Crippen LogP contribution in [0.25, 0.3) is 0 Å². The lowest BCUT2D eigenvalue weighted by atomic mass is 9.95. The van der Waals surface area contributed by atoms with E-state index in [0.29, 0.717) is 0 Å². The Labute approximate surface area is 110 Å². The van der Waals surface area contributed by atoms with Crippen molar-refractivity contribution in [3.05, 3.63) is 45.9 Å². The maximum atomic E-state index is 12.2. The van der Waals surface area contributed by atoms with Crippen molar-refractivity contribution in [1.82, 2.24) is 4.98 Å². The Morgan fingerprint density at radius 1 is 1.33 bits per heavy atom. The normalized spacial score (nSPS) is 14.0. The number of rotatable bonds is 2. The summed E-state index contributed by atoms with van der Waals surface area (Å²) in [7, 11) is 0. The summed E-state index contributed by atoms with van der Waals surface area (Å²) in [5.41, 5.74) is 2.85. The number of aromatic nitrogens is 1. The van der Waals surface area contributed by atoms with Gasteiger partial charge in [-0.1, -0.05) is 0 Å². The van der Waals surface area contributed by atoms with Gasteiger partial charge in [-0.3, -0.25) is 9.78 Å². The van der Waals surface area contributed by atoms with Crippen molar-refractivity contribution < 1.29 is 4.79 Å². The second kappa shape index (κ2) is 4.90. The molecule has 0 bridgehead atoms. The van der Waals surface area contributed by atoms with Crippen molar-refractivity contribution in [2.45, 2.75) is 25.7 Å². The zero-order valence-electron chi connectivity index (χ0n) is 9.98. The number of hydrogen-bond donors (Lipinski definition) is 1. The lowest BCUT2D eigenvalue weighted by Gasteiger charge is -2.12. The van der Waals surface area contributed by atoms with Gasteiger partial charge in [0.2, 0.25) is 0 Å². The summed E-state index contributed by atoms with van der Waals surface area (Å²) in [5.74, 6) is -0.0117. The molecule has 4 heteroatoms. The lowest BCUT2D eigenvalue weighted by Crippen LogP contribution is -2.14. The SMILES string of the molecule is O=C(Nc1cccnc1)c1csc2c1CCCC2. The highest BCUT2D eigenvalue weighted by molar-refractivity contribution is 7.10. The highest BCUT2D eigenvalue weighted by Gasteiger charge is 2.19. The molecule has 2 heterocycles. The number of anilines is 1. The topological polar surface area (TPSA) is 42.0 Å². The van der Waals surface area contributed by atoms with Crippen molar-refractivity contribution in [1.29, 1.82) is 0 Å². The van der Waals surface area contributed by atoms with Gasteiger partial charge in [0.15, 0.2) is 0 Å². The molecule has 92 valence electrons. The van der Waals surface area contributed by atoms with Crippen LogP contribution in [0.3, 0.4) is 0 Å². The molecule has 2 aromatic rings. The summed E-state index contributed by atoms with van der Waals surface area (Å²) in [6.45, 7) is 0. The van der Waals surface area contributed by atoms with Crippen molar-refractivity contribution in [2.24, 2.45) is 0 Å². The van der Waals surface area contributed by atoms with Gasteiger partial charge in [-0.2, -0.15) is 0 Å². The van der Waals surface area contributed by atoms with Crippen LogP contribution in [0, 0.1) is 0 Å². The first-order valence-electron chi connectivity index (χ1n) is 6.15. The number of amides is 1. The summed E-state index contributed by atoms with van der Waals surface area (Å²) in [4.78, 5) is 17.6. The molecule has 0 radical (unpaired) electrons. The van der Waals surface area contributed by atoms with Gasteiger partial charge in [-0.15, -0.1) is 11.3 Å². The second-order valence-corrected chi connectivity index (χ2v) is 5.42. The molecule has 1 aliphatic carbocycles. The monoisotopic (exact) mass is 258 g/mol. The molecule has 1 aliphatic rings. The molecule has 0 unspecified atom stereocenters. The third kappa shape index (κ3) is 2.16. The van der Waals surface area contributed by atoms with Crippen LogP contribution in [0.2, 0.25) is 0 Å². The van der Waals surface area contributed by atoms with Crippen LogP contribution in [-0.2, 0) is 12.8 Å². The van der Waals surface area contributed by atoms with E-state index in [2.05, 4.69) is 10.3 Å². The van der Waals surface area contributed by atoms with Gasteiger partial charge >= 0.3 is 0 Å². The molecule has 0 saturated heterocycles. The van der Waals surface area contributed by atoms with Crippen LogP contribution in [0.4, 0.5) is 5.69 Å². The molecule has 18 heavy (non-hydrogen) atoms. The molecule has 0 aromatic carbocycles. The van der Waals surface area contributed by atoms with Gasteiger partial charge in [0.25, 0.3) is 5.91 Å². The first-order valence-corrected chi connectivity index (χ1v) is 7.03. The smallest absolute Gasteiger partial charge is 0.256 e. The summed E-state index contributed by atoms with van der Waals surface area (Å²) in [5, 5.41) is 4.89. The molecule has 0 spiro atoms. The molecule has 2 aromatic heterocycles. The molecule has 0 atom stereocenters. The number of carbonyl (C=O) groups excluding carboxylic acids is 1. The first-order chi connectivity index (χ1) is 8.84. The number of hydrogen-bond acceptors (Lipinski definition) is 3. The summed E-state index contributed by atoms with van der Waals surface area (Å²) in [6.07, 6.45) is 7.96. The van der Waals surface area contributed by atoms with Gasteiger partial charge in [0, 0.05) is 16.5 Å². The summed E-state index contributed by atoms with van der Waals surface area (Å²) >= 11 is 1.71. The fourth-order valence-electron chi connectivity index (χ4n) is 2.32. The van der Waals surface area contributed by atoms with Crippen molar-refractivity contribution in [3.63, 3.8) is 0 Å². The number of carbonyl (C=O) groups is 1. The molecule has 1 N–H and O–H groups in total. The minimum absolute atomic E-state index is 0.0117. The lowest BCUT2D eigenvalue weighted by molar-refractivity contribution is 0.102. The largest absolute Gasteiger partial charge is 0.321 e. The van der Waals surface area contributed by atoms with Crippen molar-refractivity contribution >= 4 is 22.9 Å². The molecule has 3 rings (SSSR count). The number of pyridine rings is 1. The van der Waals surface area contributed by atoms with Crippen LogP contribution in [0.1, 0.15) is 33.6 Å². The van der Waals surface area contributed by atoms with E-state index >= 15 is 0 Å². The average Bonchev–Trinajstić information content (AvgIpc) is 2.84. The molecule has 0 aliphatic heterocycles. The average molecular weight is 258 g/mol. The Hall–Kier alpha value is -1.68. The van der Waals surface area contributed by atoms with Crippen LogP contribution in [-0.4, -0.2) is 10.9 Å². The van der Waals surface area contributed by atoms with E-state index in [1.54, 1.807) is 23.7 Å². The van der Waals surface area contributed by atoms with Crippen LogP contribution in [0.15, 0.2) is 29.9 Å². The quantitative estimate of drug-likeness (QED) is 0.898. The second-order valence-electron chi connectivity index (χ2n) is 4.45. The zero-order valence-corrected chi connectivity index (χ0v) is 10.8. The van der Waals surface area contributed by atoms with E-state index in [0.717, 1.165) is 24.1 Å². The molecule has 0 saturated carbocycles. The fourth-order valence-corrected chi connectivity index (χ4v) is 3.45. The Morgan fingerprint density at radius 2 is 2.22 bits per heavy atom. The number of fused-ring (bicyclic) bond motifs is 1. The van der Waals surface area contributed by atoms with Gasteiger partial charge in [-0.25, -0.2) is 0 Å². The highest BCUT2D eigenvalue weighted by atomic mass is 32.1. The zero-order chi connectivity index (χ0) is 12.4. The van der Waals surface area contributed by atoms with Crippen LogP contribution < -0.4 is 5.32 Å². The highest BCUT2D eigenvalue weighted by Crippen LogP contribution is 2.30. The van der Waals surface area contributed by atoms with Gasteiger partial charge in [-0.05, 0) is 43.4 Å².